The van der Waals surface area contributed by atoms with Gasteiger partial charge < -0.3 is 9.47 Å². The molecule has 2 aromatic rings. The highest BCUT2D eigenvalue weighted by molar-refractivity contribution is 5.91. The van der Waals surface area contributed by atoms with Crippen LogP contribution >= 0.6 is 0 Å². The van der Waals surface area contributed by atoms with Gasteiger partial charge in [0.15, 0.2) is 0 Å². The Morgan fingerprint density at radius 3 is 2.14 bits per heavy atom. The molecule has 0 heterocycles. The minimum Gasteiger partial charge on any atom is -0.493 e. The van der Waals surface area contributed by atoms with Gasteiger partial charge in [-0.3, -0.25) is 0 Å². The smallest absolute Gasteiger partial charge is 0.343 e. The van der Waals surface area contributed by atoms with Gasteiger partial charge in [0.2, 0.25) is 0 Å². The van der Waals surface area contributed by atoms with Crippen LogP contribution in [0.3, 0.4) is 0 Å². The second kappa shape index (κ2) is 7.12. The quantitative estimate of drug-likeness (QED) is 0.599. The molecule has 0 radical (unpaired) electrons. The van der Waals surface area contributed by atoms with Gasteiger partial charge in [-0.1, -0.05) is 32.0 Å². The Morgan fingerprint density at radius 1 is 1.00 bits per heavy atom. The predicted octanol–water partition coefficient (Wildman–Crippen LogP) is 4.56. The number of hydrogen-bond acceptors (Lipinski definition) is 3. The van der Waals surface area contributed by atoms with Gasteiger partial charge in [0, 0.05) is 0 Å². The zero-order chi connectivity index (χ0) is 16.1. The van der Waals surface area contributed by atoms with Crippen molar-refractivity contribution in [2.45, 2.75) is 27.7 Å². The molecule has 3 heteroatoms. The van der Waals surface area contributed by atoms with Crippen LogP contribution in [0.5, 0.6) is 11.5 Å². The molecule has 0 saturated heterocycles. The van der Waals surface area contributed by atoms with E-state index in [0.29, 0.717) is 23.8 Å². The normalized spacial score (nSPS) is 10.6. The highest BCUT2D eigenvalue weighted by atomic mass is 16.5. The fraction of sp³-hybridized carbons (Fsp3) is 0.316. The van der Waals surface area contributed by atoms with E-state index in [1.807, 2.05) is 32.0 Å². The summed E-state index contributed by atoms with van der Waals surface area (Å²) in [5, 5.41) is 0. The summed E-state index contributed by atoms with van der Waals surface area (Å²) in [5.74, 6) is 1.51. The van der Waals surface area contributed by atoms with E-state index in [2.05, 4.69) is 13.8 Å². The fourth-order valence-electron chi connectivity index (χ4n) is 2.06. The van der Waals surface area contributed by atoms with Crippen LogP contribution in [-0.2, 0) is 0 Å². The summed E-state index contributed by atoms with van der Waals surface area (Å²) >= 11 is 0. The number of para-hydroxylation sites is 1. The largest absolute Gasteiger partial charge is 0.493 e. The number of carbonyl (C=O) groups excluding carboxylic acids is 1. The van der Waals surface area contributed by atoms with E-state index in [1.54, 1.807) is 24.3 Å². The summed E-state index contributed by atoms with van der Waals surface area (Å²) in [5.41, 5.74) is 2.41. The maximum Gasteiger partial charge on any atom is 0.343 e. The molecule has 0 aromatic heterocycles. The first kappa shape index (κ1) is 16.1. The summed E-state index contributed by atoms with van der Waals surface area (Å²) in [6, 6.07) is 12.9. The van der Waals surface area contributed by atoms with E-state index in [9.17, 15) is 4.79 Å². The SMILES string of the molecule is Cc1cccc(C)c1OC(=O)c1ccc(OCC(C)C)cc1. The van der Waals surface area contributed by atoms with Crippen molar-refractivity contribution in [2.75, 3.05) is 6.61 Å². The average molecular weight is 298 g/mol. The number of aryl methyl sites for hydroxylation is 2. The van der Waals surface area contributed by atoms with Gasteiger partial charge in [0.25, 0.3) is 0 Å². The maximum atomic E-state index is 12.2. The Bertz CT molecular complexity index is 622. The molecule has 0 atom stereocenters. The monoisotopic (exact) mass is 298 g/mol. The van der Waals surface area contributed by atoms with Gasteiger partial charge in [0.05, 0.1) is 12.2 Å². The minimum atomic E-state index is -0.354. The van der Waals surface area contributed by atoms with Crippen LogP contribution in [0.2, 0.25) is 0 Å². The third-order valence-electron chi connectivity index (χ3n) is 3.28. The first-order valence-electron chi connectivity index (χ1n) is 7.48. The van der Waals surface area contributed by atoms with Crippen molar-refractivity contribution < 1.29 is 14.3 Å². The molecule has 2 aromatic carbocycles. The molecule has 0 bridgehead atoms. The molecular weight excluding hydrogens is 276 g/mol. The standard InChI is InChI=1S/C19H22O3/c1-13(2)12-21-17-10-8-16(9-11-17)19(20)22-18-14(3)6-5-7-15(18)4/h5-11,13H,12H2,1-4H3. The summed E-state index contributed by atoms with van der Waals surface area (Å²) in [6.07, 6.45) is 0. The van der Waals surface area contributed by atoms with Gasteiger partial charge in [-0.2, -0.15) is 0 Å². The summed E-state index contributed by atoms with van der Waals surface area (Å²) in [6.45, 7) is 8.70. The van der Waals surface area contributed by atoms with Crippen molar-refractivity contribution in [1.82, 2.24) is 0 Å². The molecule has 0 aliphatic heterocycles. The number of benzene rings is 2. The van der Waals surface area contributed by atoms with Crippen molar-refractivity contribution in [3.8, 4) is 11.5 Å². The third kappa shape index (κ3) is 4.10. The van der Waals surface area contributed by atoms with Gasteiger partial charge in [-0.15, -0.1) is 0 Å². The molecule has 0 saturated carbocycles. The van der Waals surface area contributed by atoms with Crippen LogP contribution in [0.4, 0.5) is 0 Å². The molecule has 0 spiro atoms. The van der Waals surface area contributed by atoms with Crippen LogP contribution in [0.15, 0.2) is 42.5 Å². The lowest BCUT2D eigenvalue weighted by molar-refractivity contribution is 0.0732. The summed E-state index contributed by atoms with van der Waals surface area (Å²) < 4.78 is 11.1. The number of carbonyl (C=O) groups is 1. The molecule has 116 valence electrons. The molecule has 0 fully saturated rings. The average Bonchev–Trinajstić information content (AvgIpc) is 2.49. The Balaban J connectivity index is 2.07. The van der Waals surface area contributed by atoms with Crippen molar-refractivity contribution >= 4 is 5.97 Å². The first-order chi connectivity index (χ1) is 10.5. The van der Waals surface area contributed by atoms with Crippen LogP contribution in [0, 0.1) is 19.8 Å². The number of hydrogen-bond donors (Lipinski definition) is 0. The van der Waals surface area contributed by atoms with Crippen LogP contribution < -0.4 is 9.47 Å². The highest BCUT2D eigenvalue weighted by Gasteiger charge is 2.12. The number of esters is 1. The zero-order valence-electron chi connectivity index (χ0n) is 13.6. The van der Waals surface area contributed by atoms with Crippen LogP contribution in [-0.4, -0.2) is 12.6 Å². The molecule has 2 rings (SSSR count). The van der Waals surface area contributed by atoms with Crippen molar-refractivity contribution in [3.05, 3.63) is 59.2 Å². The lowest BCUT2D eigenvalue weighted by Gasteiger charge is -2.11. The topological polar surface area (TPSA) is 35.5 Å². The van der Waals surface area contributed by atoms with Crippen molar-refractivity contribution in [2.24, 2.45) is 5.92 Å². The highest BCUT2D eigenvalue weighted by Crippen LogP contribution is 2.24. The lowest BCUT2D eigenvalue weighted by atomic mass is 10.1. The second-order valence-corrected chi connectivity index (χ2v) is 5.84. The Hall–Kier alpha value is -2.29. The van der Waals surface area contributed by atoms with E-state index < -0.39 is 0 Å². The van der Waals surface area contributed by atoms with Crippen LogP contribution in [0.1, 0.15) is 35.3 Å². The van der Waals surface area contributed by atoms with E-state index in [-0.39, 0.29) is 5.97 Å². The second-order valence-electron chi connectivity index (χ2n) is 5.84. The van der Waals surface area contributed by atoms with Gasteiger partial charge in [-0.25, -0.2) is 4.79 Å². The molecule has 0 amide bonds. The van der Waals surface area contributed by atoms with E-state index in [0.717, 1.165) is 16.9 Å². The predicted molar refractivity (Wildman–Crippen MR) is 87.6 cm³/mol. The number of ether oxygens (including phenoxy) is 2. The van der Waals surface area contributed by atoms with Gasteiger partial charge in [0.1, 0.15) is 11.5 Å². The Labute approximate surface area is 131 Å². The van der Waals surface area contributed by atoms with Gasteiger partial charge in [-0.05, 0) is 55.2 Å². The van der Waals surface area contributed by atoms with Crippen LogP contribution in [0.25, 0.3) is 0 Å². The summed E-state index contributed by atoms with van der Waals surface area (Å²) in [7, 11) is 0. The summed E-state index contributed by atoms with van der Waals surface area (Å²) in [4.78, 5) is 12.2. The lowest BCUT2D eigenvalue weighted by Crippen LogP contribution is -2.10. The number of rotatable bonds is 5. The third-order valence-corrected chi connectivity index (χ3v) is 3.28. The van der Waals surface area contributed by atoms with E-state index >= 15 is 0 Å². The van der Waals surface area contributed by atoms with Gasteiger partial charge >= 0.3 is 5.97 Å². The zero-order valence-corrected chi connectivity index (χ0v) is 13.6. The minimum absolute atomic E-state index is 0.354. The van der Waals surface area contributed by atoms with E-state index in [4.69, 9.17) is 9.47 Å². The first-order valence-corrected chi connectivity index (χ1v) is 7.48. The Kier molecular flexibility index (Phi) is 5.21. The molecule has 0 aliphatic rings. The fourth-order valence-corrected chi connectivity index (χ4v) is 2.06. The molecular formula is C19H22O3. The van der Waals surface area contributed by atoms with Crippen molar-refractivity contribution in [1.29, 1.82) is 0 Å². The Morgan fingerprint density at radius 2 is 1.59 bits per heavy atom. The molecule has 3 nitrogen and oxygen atoms in total. The molecule has 0 unspecified atom stereocenters. The molecule has 0 N–H and O–H groups in total. The van der Waals surface area contributed by atoms with Crippen molar-refractivity contribution in [3.63, 3.8) is 0 Å². The van der Waals surface area contributed by atoms with E-state index in [1.165, 1.54) is 0 Å². The molecule has 0 aliphatic carbocycles. The maximum absolute atomic E-state index is 12.2. The molecule has 22 heavy (non-hydrogen) atoms.